The normalized spacial score (nSPS) is 11.8. The molecule has 2 heterocycles. The van der Waals surface area contributed by atoms with Gasteiger partial charge in [0.05, 0.1) is 11.3 Å². The molecule has 1 atom stereocenters. The van der Waals surface area contributed by atoms with E-state index in [9.17, 15) is 9.59 Å². The molecule has 0 aliphatic heterocycles. The van der Waals surface area contributed by atoms with Crippen molar-refractivity contribution >= 4 is 11.9 Å². The Balaban J connectivity index is 1.97. The number of hydrogen-bond acceptors (Lipinski definition) is 8. The zero-order valence-corrected chi connectivity index (χ0v) is 15.0. The molecule has 0 saturated carbocycles. The second-order valence-corrected chi connectivity index (χ2v) is 5.76. The van der Waals surface area contributed by atoms with Crippen molar-refractivity contribution in [2.45, 2.75) is 52.7 Å². The summed E-state index contributed by atoms with van der Waals surface area (Å²) in [5.74, 6) is -0.586. The molecule has 0 fully saturated rings. The number of carbonyl (C=O) groups excluding carboxylic acids is 2. The van der Waals surface area contributed by atoms with Gasteiger partial charge in [-0.15, -0.1) is 10.2 Å². The third-order valence-electron chi connectivity index (χ3n) is 3.73. The van der Waals surface area contributed by atoms with Crippen LogP contribution in [0.25, 0.3) is 0 Å². The van der Waals surface area contributed by atoms with Crippen LogP contribution in [0.1, 0.15) is 54.2 Å². The molecule has 2 N–H and O–H groups in total. The van der Waals surface area contributed by atoms with E-state index < -0.39 is 18.0 Å². The van der Waals surface area contributed by atoms with Crippen LogP contribution in [-0.4, -0.2) is 33.3 Å². The van der Waals surface area contributed by atoms with E-state index in [0.29, 0.717) is 5.76 Å². The maximum atomic E-state index is 11.8. The van der Waals surface area contributed by atoms with Gasteiger partial charge < -0.3 is 19.7 Å². The SMILES string of the molecule is CCCCc1noc(C)c1COc1ccc(C(=O)O[C@@H](C)C(N)=O)nn1. The molecule has 0 saturated heterocycles. The van der Waals surface area contributed by atoms with Crippen molar-refractivity contribution in [3.05, 3.63) is 34.8 Å². The number of hydrogen-bond donors (Lipinski definition) is 1. The molecule has 1 amide bonds. The molecule has 140 valence electrons. The molecule has 9 nitrogen and oxygen atoms in total. The summed E-state index contributed by atoms with van der Waals surface area (Å²) in [6.45, 7) is 5.55. The highest BCUT2D eigenvalue weighted by molar-refractivity contribution is 5.90. The Morgan fingerprint density at radius 2 is 2.08 bits per heavy atom. The Labute approximate surface area is 150 Å². The third kappa shape index (κ3) is 5.01. The van der Waals surface area contributed by atoms with Crippen molar-refractivity contribution in [2.24, 2.45) is 5.73 Å². The second-order valence-electron chi connectivity index (χ2n) is 5.76. The average Bonchev–Trinajstić information content (AvgIpc) is 2.98. The zero-order chi connectivity index (χ0) is 19.1. The number of esters is 1. The van der Waals surface area contributed by atoms with Crippen LogP contribution in [0.4, 0.5) is 0 Å². The number of aryl methyl sites for hydroxylation is 2. The first-order valence-electron chi connectivity index (χ1n) is 8.33. The maximum absolute atomic E-state index is 11.8. The molecule has 0 aromatic carbocycles. The zero-order valence-electron chi connectivity index (χ0n) is 15.0. The number of primary amides is 1. The Morgan fingerprint density at radius 1 is 1.31 bits per heavy atom. The molecule has 9 heteroatoms. The molecule has 0 unspecified atom stereocenters. The fourth-order valence-electron chi connectivity index (χ4n) is 2.09. The Bertz CT molecular complexity index is 757. The average molecular weight is 362 g/mol. The van der Waals surface area contributed by atoms with Crippen molar-refractivity contribution in [1.29, 1.82) is 0 Å². The van der Waals surface area contributed by atoms with Gasteiger partial charge in [0.2, 0.25) is 5.88 Å². The molecule has 2 rings (SSSR count). The topological polar surface area (TPSA) is 130 Å². The molecule has 2 aromatic heterocycles. The first-order valence-corrected chi connectivity index (χ1v) is 8.33. The lowest BCUT2D eigenvalue weighted by molar-refractivity contribution is -0.125. The predicted octanol–water partition coefficient (Wildman–Crippen LogP) is 1.73. The van der Waals surface area contributed by atoms with E-state index in [1.807, 2.05) is 6.92 Å². The lowest BCUT2D eigenvalue weighted by atomic mass is 10.1. The standard InChI is InChI=1S/C17H22N4O5/c1-4-5-6-13-12(10(2)26-21-13)9-24-15-8-7-14(19-20-15)17(23)25-11(3)16(18)22/h7-8,11H,4-6,9H2,1-3H3,(H2,18,22)/t11-/m0/s1. The molecular formula is C17H22N4O5. The van der Waals surface area contributed by atoms with Crippen LogP contribution in [0.3, 0.4) is 0 Å². The van der Waals surface area contributed by atoms with Crippen LogP contribution in [0.2, 0.25) is 0 Å². The summed E-state index contributed by atoms with van der Waals surface area (Å²) >= 11 is 0. The summed E-state index contributed by atoms with van der Waals surface area (Å²) in [5.41, 5.74) is 6.76. The summed E-state index contributed by atoms with van der Waals surface area (Å²) in [6, 6.07) is 2.89. The van der Waals surface area contributed by atoms with E-state index in [1.165, 1.54) is 19.1 Å². The van der Waals surface area contributed by atoms with Gasteiger partial charge in [0, 0.05) is 6.07 Å². The summed E-state index contributed by atoms with van der Waals surface area (Å²) in [4.78, 5) is 22.7. The first-order chi connectivity index (χ1) is 12.4. The summed E-state index contributed by atoms with van der Waals surface area (Å²) in [6.07, 6.45) is 1.85. The van der Waals surface area contributed by atoms with Gasteiger partial charge in [-0.25, -0.2) is 4.79 Å². The number of nitrogens with two attached hydrogens (primary N) is 1. The Hall–Kier alpha value is -2.97. The van der Waals surface area contributed by atoms with Crippen molar-refractivity contribution in [3.8, 4) is 5.88 Å². The predicted molar refractivity (Wildman–Crippen MR) is 90.3 cm³/mol. The van der Waals surface area contributed by atoms with Crippen LogP contribution in [-0.2, 0) is 22.6 Å². The van der Waals surface area contributed by atoms with E-state index in [2.05, 4.69) is 22.3 Å². The van der Waals surface area contributed by atoms with Gasteiger partial charge >= 0.3 is 5.97 Å². The summed E-state index contributed by atoms with van der Waals surface area (Å²) in [7, 11) is 0. The van der Waals surface area contributed by atoms with Crippen molar-refractivity contribution in [2.75, 3.05) is 0 Å². The minimum Gasteiger partial charge on any atom is -0.472 e. The highest BCUT2D eigenvalue weighted by atomic mass is 16.5. The summed E-state index contributed by atoms with van der Waals surface area (Å²) in [5, 5.41) is 11.6. The smallest absolute Gasteiger partial charge is 0.359 e. The molecule has 26 heavy (non-hydrogen) atoms. The maximum Gasteiger partial charge on any atom is 0.359 e. The third-order valence-corrected chi connectivity index (χ3v) is 3.73. The van der Waals surface area contributed by atoms with Gasteiger partial charge in [0.1, 0.15) is 12.4 Å². The second kappa shape index (κ2) is 8.93. The Morgan fingerprint density at radius 3 is 2.69 bits per heavy atom. The quantitative estimate of drug-likeness (QED) is 0.667. The van der Waals surface area contributed by atoms with Crippen LogP contribution < -0.4 is 10.5 Å². The fourth-order valence-corrected chi connectivity index (χ4v) is 2.09. The number of carbonyl (C=O) groups is 2. The van der Waals surface area contributed by atoms with Crippen LogP contribution >= 0.6 is 0 Å². The highest BCUT2D eigenvalue weighted by Gasteiger charge is 2.18. The van der Waals surface area contributed by atoms with Gasteiger partial charge in [-0.3, -0.25) is 4.79 Å². The number of unbranched alkanes of at least 4 members (excludes halogenated alkanes) is 1. The number of aromatic nitrogens is 3. The monoisotopic (exact) mass is 362 g/mol. The van der Waals surface area contributed by atoms with Gasteiger partial charge in [0.25, 0.3) is 5.91 Å². The number of amides is 1. The molecule has 2 aromatic rings. The van der Waals surface area contributed by atoms with Gasteiger partial charge in [-0.05, 0) is 32.8 Å². The van der Waals surface area contributed by atoms with Gasteiger partial charge in [-0.2, -0.15) is 0 Å². The van der Waals surface area contributed by atoms with Crippen molar-refractivity contribution in [3.63, 3.8) is 0 Å². The van der Waals surface area contributed by atoms with Gasteiger partial charge in [0.15, 0.2) is 11.8 Å². The number of ether oxygens (including phenoxy) is 2. The van der Waals surface area contributed by atoms with Gasteiger partial charge in [-0.1, -0.05) is 18.5 Å². The lowest BCUT2D eigenvalue weighted by Crippen LogP contribution is -2.30. The molecule has 0 radical (unpaired) electrons. The van der Waals surface area contributed by atoms with Crippen molar-refractivity contribution < 1.29 is 23.6 Å². The molecule has 0 aliphatic carbocycles. The molecule has 0 spiro atoms. The van der Waals surface area contributed by atoms with E-state index >= 15 is 0 Å². The molecular weight excluding hydrogens is 340 g/mol. The minimum absolute atomic E-state index is 0.0461. The van der Waals surface area contributed by atoms with Crippen LogP contribution in [0, 0.1) is 6.92 Å². The van der Waals surface area contributed by atoms with Crippen LogP contribution in [0.5, 0.6) is 5.88 Å². The number of rotatable bonds is 9. The van der Waals surface area contributed by atoms with E-state index in [-0.39, 0.29) is 18.2 Å². The fraction of sp³-hybridized carbons (Fsp3) is 0.471. The lowest BCUT2D eigenvalue weighted by Gasteiger charge is -2.09. The Kier molecular flexibility index (Phi) is 6.65. The van der Waals surface area contributed by atoms with E-state index in [1.54, 1.807) is 0 Å². The van der Waals surface area contributed by atoms with Crippen LogP contribution in [0.15, 0.2) is 16.7 Å². The molecule has 0 aliphatic rings. The summed E-state index contributed by atoms with van der Waals surface area (Å²) < 4.78 is 15.7. The molecule has 0 bridgehead atoms. The number of nitrogens with zero attached hydrogens (tertiary/aromatic N) is 3. The van der Waals surface area contributed by atoms with Crippen molar-refractivity contribution in [1.82, 2.24) is 15.4 Å². The largest absolute Gasteiger partial charge is 0.472 e. The highest BCUT2D eigenvalue weighted by Crippen LogP contribution is 2.18. The van der Waals surface area contributed by atoms with E-state index in [4.69, 9.17) is 19.7 Å². The first kappa shape index (κ1) is 19.4. The minimum atomic E-state index is -1.04. The van der Waals surface area contributed by atoms with E-state index in [0.717, 1.165) is 30.5 Å².